The minimum absolute atomic E-state index is 0.00982. The van der Waals surface area contributed by atoms with Gasteiger partial charge in [-0.15, -0.1) is 0 Å². The second-order valence-corrected chi connectivity index (χ2v) is 7.84. The third kappa shape index (κ3) is 4.19. The van der Waals surface area contributed by atoms with E-state index < -0.39 is 0 Å². The van der Waals surface area contributed by atoms with Gasteiger partial charge in [0.2, 0.25) is 0 Å². The number of rotatable bonds is 6. The molecule has 0 aliphatic heterocycles. The molecule has 148 valence electrons. The van der Waals surface area contributed by atoms with E-state index >= 15 is 0 Å². The molecule has 0 saturated heterocycles. The van der Waals surface area contributed by atoms with Gasteiger partial charge in [0.1, 0.15) is 5.75 Å². The number of carbonyl (C=O) groups excluding carboxylic acids is 1. The van der Waals surface area contributed by atoms with Crippen molar-refractivity contribution in [1.82, 2.24) is 5.32 Å². The fourth-order valence-corrected chi connectivity index (χ4v) is 4.36. The summed E-state index contributed by atoms with van der Waals surface area (Å²) in [5.41, 5.74) is 4.28. The summed E-state index contributed by atoms with van der Waals surface area (Å²) < 4.78 is 5.29. The number of amides is 1. The molecule has 0 spiro atoms. The number of carbonyl (C=O) groups is 1. The van der Waals surface area contributed by atoms with Crippen molar-refractivity contribution >= 4 is 5.91 Å². The molecule has 1 fully saturated rings. The molecular formula is C26H27NO2. The predicted molar refractivity (Wildman–Crippen MR) is 117 cm³/mol. The Morgan fingerprint density at radius 3 is 2.10 bits per heavy atom. The van der Waals surface area contributed by atoms with Gasteiger partial charge in [0.05, 0.1) is 7.11 Å². The lowest BCUT2D eigenvalue weighted by atomic mass is 9.78. The van der Waals surface area contributed by atoms with Crippen molar-refractivity contribution in [2.45, 2.75) is 31.1 Å². The van der Waals surface area contributed by atoms with Crippen LogP contribution in [0.1, 0.15) is 41.6 Å². The number of hydrogen-bond donors (Lipinski definition) is 1. The maximum Gasteiger partial charge on any atom is 0.251 e. The Morgan fingerprint density at radius 1 is 0.862 bits per heavy atom. The molecule has 3 nitrogen and oxygen atoms in total. The van der Waals surface area contributed by atoms with Crippen molar-refractivity contribution in [3.8, 4) is 16.9 Å². The third-order valence-corrected chi connectivity index (χ3v) is 6.10. The van der Waals surface area contributed by atoms with Crippen LogP contribution in [0.15, 0.2) is 78.9 Å². The van der Waals surface area contributed by atoms with Gasteiger partial charge in [0.25, 0.3) is 5.91 Å². The molecule has 0 atom stereocenters. The number of methoxy groups -OCH3 is 1. The number of benzene rings is 3. The van der Waals surface area contributed by atoms with E-state index in [0.29, 0.717) is 12.1 Å². The zero-order chi connectivity index (χ0) is 20.1. The second kappa shape index (κ2) is 8.52. The molecule has 1 aliphatic rings. The summed E-state index contributed by atoms with van der Waals surface area (Å²) in [6.45, 7) is 0.665. The topological polar surface area (TPSA) is 38.3 Å². The molecule has 29 heavy (non-hydrogen) atoms. The van der Waals surface area contributed by atoms with Gasteiger partial charge in [-0.2, -0.15) is 0 Å². The Balaban J connectivity index is 1.45. The first-order chi connectivity index (χ1) is 14.2. The Morgan fingerprint density at radius 2 is 1.48 bits per heavy atom. The zero-order valence-corrected chi connectivity index (χ0v) is 16.9. The molecular weight excluding hydrogens is 358 g/mol. The van der Waals surface area contributed by atoms with E-state index in [-0.39, 0.29) is 11.3 Å². The lowest BCUT2D eigenvalue weighted by molar-refractivity contribution is 0.0943. The Hall–Kier alpha value is -3.07. The second-order valence-electron chi connectivity index (χ2n) is 7.84. The van der Waals surface area contributed by atoms with Crippen LogP contribution >= 0.6 is 0 Å². The molecule has 4 rings (SSSR count). The van der Waals surface area contributed by atoms with Crippen molar-refractivity contribution in [3.05, 3.63) is 90.0 Å². The number of nitrogens with one attached hydrogen (secondary N) is 1. The molecule has 1 aliphatic carbocycles. The van der Waals surface area contributed by atoms with Crippen molar-refractivity contribution in [3.63, 3.8) is 0 Å². The van der Waals surface area contributed by atoms with Gasteiger partial charge in [0, 0.05) is 17.5 Å². The largest absolute Gasteiger partial charge is 0.497 e. The van der Waals surface area contributed by atoms with Gasteiger partial charge in [0.15, 0.2) is 0 Å². The molecule has 3 aromatic rings. The van der Waals surface area contributed by atoms with Crippen LogP contribution in [-0.2, 0) is 5.41 Å². The fourth-order valence-electron chi connectivity index (χ4n) is 4.36. The molecule has 1 saturated carbocycles. The van der Waals surface area contributed by atoms with Crippen molar-refractivity contribution in [1.29, 1.82) is 0 Å². The van der Waals surface area contributed by atoms with Crippen LogP contribution < -0.4 is 10.1 Å². The monoisotopic (exact) mass is 385 g/mol. The highest BCUT2D eigenvalue weighted by molar-refractivity contribution is 5.94. The third-order valence-electron chi connectivity index (χ3n) is 6.10. The summed E-state index contributed by atoms with van der Waals surface area (Å²) in [5.74, 6) is 0.855. The minimum atomic E-state index is -0.00982. The predicted octanol–water partition coefficient (Wildman–Crippen LogP) is 5.60. The molecule has 0 bridgehead atoms. The van der Waals surface area contributed by atoms with Gasteiger partial charge in [-0.05, 0) is 53.8 Å². The summed E-state index contributed by atoms with van der Waals surface area (Å²) in [6.07, 6.45) is 4.61. The van der Waals surface area contributed by atoms with Crippen LogP contribution in [-0.4, -0.2) is 19.6 Å². The maximum absolute atomic E-state index is 12.8. The van der Waals surface area contributed by atoms with Crippen LogP contribution in [0.5, 0.6) is 5.75 Å². The first kappa shape index (κ1) is 19.3. The lowest BCUT2D eigenvalue weighted by Crippen LogP contribution is -2.39. The highest BCUT2D eigenvalue weighted by atomic mass is 16.5. The summed E-state index contributed by atoms with van der Waals surface area (Å²) >= 11 is 0. The fraction of sp³-hybridized carbons (Fsp3) is 0.269. The standard InChI is InChI=1S/C26H27NO2/c1-29-24-15-13-23(14-16-24)26(17-5-6-18-26)19-27-25(28)22-11-9-21(10-12-22)20-7-3-2-4-8-20/h2-4,7-16H,5-6,17-19H2,1H3,(H,27,28). The van der Waals surface area contributed by atoms with Crippen molar-refractivity contribution < 1.29 is 9.53 Å². The molecule has 0 heterocycles. The van der Waals surface area contributed by atoms with E-state index in [1.54, 1.807) is 7.11 Å². The van der Waals surface area contributed by atoms with E-state index in [0.717, 1.165) is 29.7 Å². The molecule has 0 unspecified atom stereocenters. The summed E-state index contributed by atoms with van der Waals surface area (Å²) in [7, 11) is 1.68. The van der Waals surface area contributed by atoms with Crippen LogP contribution in [0.4, 0.5) is 0 Å². The van der Waals surface area contributed by atoms with Crippen LogP contribution in [0, 0.1) is 0 Å². The lowest BCUT2D eigenvalue weighted by Gasteiger charge is -2.30. The highest BCUT2D eigenvalue weighted by Crippen LogP contribution is 2.41. The number of ether oxygens (including phenoxy) is 1. The molecule has 1 amide bonds. The Labute approximate surface area is 172 Å². The van der Waals surface area contributed by atoms with Crippen molar-refractivity contribution in [2.75, 3.05) is 13.7 Å². The van der Waals surface area contributed by atoms with Crippen LogP contribution in [0.25, 0.3) is 11.1 Å². The molecule has 0 radical (unpaired) electrons. The van der Waals surface area contributed by atoms with E-state index in [2.05, 4.69) is 29.6 Å². The minimum Gasteiger partial charge on any atom is -0.497 e. The summed E-state index contributed by atoms with van der Waals surface area (Å²) in [5, 5.41) is 3.20. The normalized spacial score (nSPS) is 15.1. The van der Waals surface area contributed by atoms with E-state index in [1.807, 2.05) is 54.6 Å². The maximum atomic E-state index is 12.8. The SMILES string of the molecule is COc1ccc(C2(CNC(=O)c3ccc(-c4ccccc4)cc3)CCCC2)cc1. The first-order valence-corrected chi connectivity index (χ1v) is 10.3. The van der Waals surface area contributed by atoms with E-state index in [1.165, 1.54) is 18.4 Å². The van der Waals surface area contributed by atoms with Crippen LogP contribution in [0.2, 0.25) is 0 Å². The zero-order valence-electron chi connectivity index (χ0n) is 16.9. The van der Waals surface area contributed by atoms with Gasteiger partial charge >= 0.3 is 0 Å². The Bertz CT molecular complexity index is 940. The first-order valence-electron chi connectivity index (χ1n) is 10.3. The smallest absolute Gasteiger partial charge is 0.251 e. The van der Waals surface area contributed by atoms with Gasteiger partial charge in [-0.3, -0.25) is 4.79 Å². The van der Waals surface area contributed by atoms with Gasteiger partial charge < -0.3 is 10.1 Å². The summed E-state index contributed by atoms with van der Waals surface area (Å²) in [6, 6.07) is 26.4. The molecule has 3 aromatic carbocycles. The van der Waals surface area contributed by atoms with E-state index in [9.17, 15) is 4.79 Å². The quantitative estimate of drug-likeness (QED) is 0.599. The average Bonchev–Trinajstić information content (AvgIpc) is 3.28. The average molecular weight is 386 g/mol. The molecule has 1 N–H and O–H groups in total. The van der Waals surface area contributed by atoms with Crippen molar-refractivity contribution in [2.24, 2.45) is 0 Å². The highest BCUT2D eigenvalue weighted by Gasteiger charge is 2.36. The van der Waals surface area contributed by atoms with E-state index in [4.69, 9.17) is 4.74 Å². The summed E-state index contributed by atoms with van der Waals surface area (Å²) in [4.78, 5) is 12.8. The van der Waals surface area contributed by atoms with Crippen LogP contribution in [0.3, 0.4) is 0 Å². The van der Waals surface area contributed by atoms with Gasteiger partial charge in [-0.25, -0.2) is 0 Å². The van der Waals surface area contributed by atoms with Gasteiger partial charge in [-0.1, -0.05) is 67.4 Å². The molecule has 3 heteroatoms. The Kier molecular flexibility index (Phi) is 5.66. The number of hydrogen-bond acceptors (Lipinski definition) is 2. The molecule has 0 aromatic heterocycles.